The van der Waals surface area contributed by atoms with Gasteiger partial charge in [-0.3, -0.25) is 9.36 Å². The molecule has 1 fully saturated rings. The van der Waals surface area contributed by atoms with Crippen molar-refractivity contribution in [1.82, 2.24) is 14.9 Å². The maximum absolute atomic E-state index is 14.2. The number of methoxy groups -OCH3 is 1. The standard InChI is InChI=1S/C31H38F3N6O6P/c1-5-45-47(43,46-6-2)18-19-7-8-23(26(15-19)44-4)37-30-35-16-22(31(32,33)34)28(38-30)36-24-9-10-25(40-13-11-20(41)12-14-40)21-17-39(3)29(42)27(21)24/h7-10,15-16,20,41H,5-6,11-14,17-18H2,1-4H3,(H2,35,36,37,38). The number of anilines is 5. The molecule has 0 unspecified atom stereocenters. The van der Waals surface area contributed by atoms with Gasteiger partial charge in [-0.25, -0.2) is 4.98 Å². The number of piperidine rings is 1. The lowest BCUT2D eigenvalue weighted by Crippen LogP contribution is -2.36. The minimum atomic E-state index is -4.80. The maximum Gasteiger partial charge on any atom is 0.421 e. The lowest BCUT2D eigenvalue weighted by Gasteiger charge is -2.33. The second-order valence-corrected chi connectivity index (χ2v) is 13.3. The predicted molar refractivity (Wildman–Crippen MR) is 171 cm³/mol. The molecule has 3 heterocycles. The third-order valence-electron chi connectivity index (χ3n) is 7.94. The third kappa shape index (κ3) is 7.64. The maximum atomic E-state index is 14.2. The molecule has 47 heavy (non-hydrogen) atoms. The molecule has 0 bridgehead atoms. The molecular formula is C31H38F3N6O6P. The number of benzene rings is 2. The smallest absolute Gasteiger partial charge is 0.421 e. The zero-order valence-electron chi connectivity index (χ0n) is 26.6. The molecule has 2 aliphatic heterocycles. The van der Waals surface area contributed by atoms with E-state index >= 15 is 0 Å². The summed E-state index contributed by atoms with van der Waals surface area (Å²) in [7, 11) is -0.348. The average molecular weight is 679 g/mol. The summed E-state index contributed by atoms with van der Waals surface area (Å²) in [5, 5.41) is 15.6. The quantitative estimate of drug-likeness (QED) is 0.186. The van der Waals surface area contributed by atoms with Gasteiger partial charge >= 0.3 is 13.8 Å². The Labute approximate surface area is 270 Å². The SMILES string of the molecule is CCOP(=O)(Cc1ccc(Nc2ncc(C(F)(F)F)c(Nc3ccc(N4CCC(O)CC4)c4c3C(=O)N(C)C4)n2)c(OC)c1)OCC. The first-order valence-corrected chi connectivity index (χ1v) is 17.0. The summed E-state index contributed by atoms with van der Waals surface area (Å²) < 4.78 is 71.8. The van der Waals surface area contributed by atoms with Gasteiger partial charge in [-0.2, -0.15) is 18.2 Å². The molecule has 0 aliphatic carbocycles. The van der Waals surface area contributed by atoms with E-state index in [1.54, 1.807) is 51.2 Å². The van der Waals surface area contributed by atoms with Gasteiger partial charge in [0.1, 0.15) is 17.1 Å². The van der Waals surface area contributed by atoms with Gasteiger partial charge in [0.25, 0.3) is 5.91 Å². The monoisotopic (exact) mass is 678 g/mol. The highest BCUT2D eigenvalue weighted by Gasteiger charge is 2.37. The first-order chi connectivity index (χ1) is 22.4. The zero-order chi connectivity index (χ0) is 33.9. The van der Waals surface area contributed by atoms with Crippen LogP contribution in [0.15, 0.2) is 36.5 Å². The fourth-order valence-corrected chi connectivity index (χ4v) is 7.41. The van der Waals surface area contributed by atoms with Crippen LogP contribution in [-0.4, -0.2) is 72.4 Å². The Morgan fingerprint density at radius 1 is 1.06 bits per heavy atom. The molecule has 1 amide bonds. The summed E-state index contributed by atoms with van der Waals surface area (Å²) in [4.78, 5) is 24.9. The number of nitrogens with one attached hydrogen (secondary N) is 2. The number of fused-ring (bicyclic) bond motifs is 1. The van der Waals surface area contributed by atoms with Gasteiger partial charge in [0, 0.05) is 44.1 Å². The van der Waals surface area contributed by atoms with Crippen LogP contribution < -0.4 is 20.3 Å². The van der Waals surface area contributed by atoms with Gasteiger partial charge in [0.05, 0.1) is 49.5 Å². The Bertz CT molecular complexity index is 1660. The van der Waals surface area contributed by atoms with E-state index in [4.69, 9.17) is 13.8 Å². The molecule has 1 saturated heterocycles. The van der Waals surface area contributed by atoms with Crippen LogP contribution in [0.1, 0.15) is 53.7 Å². The molecule has 0 saturated carbocycles. The van der Waals surface area contributed by atoms with E-state index in [-0.39, 0.29) is 48.6 Å². The number of ether oxygens (including phenoxy) is 1. The Kier molecular flexibility index (Phi) is 10.3. The average Bonchev–Trinajstić information content (AvgIpc) is 3.32. The first-order valence-electron chi connectivity index (χ1n) is 15.2. The molecule has 3 aromatic rings. The summed E-state index contributed by atoms with van der Waals surface area (Å²) >= 11 is 0. The molecule has 1 aromatic heterocycles. The number of alkyl halides is 3. The Balaban J connectivity index is 1.46. The zero-order valence-corrected chi connectivity index (χ0v) is 27.5. The van der Waals surface area contributed by atoms with Crippen LogP contribution in [-0.2, 0) is 32.5 Å². The Morgan fingerprint density at radius 3 is 2.38 bits per heavy atom. The van der Waals surface area contributed by atoms with Gasteiger partial charge in [-0.1, -0.05) is 6.07 Å². The number of aromatic nitrogens is 2. The second-order valence-electron chi connectivity index (χ2n) is 11.2. The predicted octanol–water partition coefficient (Wildman–Crippen LogP) is 6.30. The summed E-state index contributed by atoms with van der Waals surface area (Å²) in [5.41, 5.74) is 1.79. The minimum absolute atomic E-state index is 0.00704. The van der Waals surface area contributed by atoms with Crippen LogP contribution >= 0.6 is 7.60 Å². The van der Waals surface area contributed by atoms with Crippen LogP contribution in [0.3, 0.4) is 0 Å². The van der Waals surface area contributed by atoms with Gasteiger partial charge in [-0.15, -0.1) is 0 Å². The molecule has 3 N–H and O–H groups in total. The summed E-state index contributed by atoms with van der Waals surface area (Å²) in [5.74, 6) is -0.736. The van der Waals surface area contributed by atoms with Crippen molar-refractivity contribution in [1.29, 1.82) is 0 Å². The highest BCUT2D eigenvalue weighted by atomic mass is 31.2. The van der Waals surface area contributed by atoms with Gasteiger partial charge in [0.15, 0.2) is 0 Å². The lowest BCUT2D eigenvalue weighted by molar-refractivity contribution is -0.137. The van der Waals surface area contributed by atoms with Gasteiger partial charge < -0.3 is 39.3 Å². The highest BCUT2D eigenvalue weighted by molar-refractivity contribution is 7.53. The molecule has 0 atom stereocenters. The van der Waals surface area contributed by atoms with Crippen molar-refractivity contribution in [3.05, 3.63) is 58.8 Å². The normalized spacial score (nSPS) is 15.6. The number of carbonyl (C=O) groups is 1. The number of aliphatic hydroxyl groups excluding tert-OH is 1. The number of halogens is 3. The van der Waals surface area contributed by atoms with E-state index in [1.165, 1.54) is 12.0 Å². The fourth-order valence-electron chi connectivity index (χ4n) is 5.72. The number of amides is 1. The number of nitrogens with zero attached hydrogens (tertiary/aromatic N) is 4. The summed E-state index contributed by atoms with van der Waals surface area (Å²) in [6.45, 7) is 5.33. The molecule has 12 nitrogen and oxygen atoms in total. The van der Waals surface area contributed by atoms with E-state index < -0.39 is 25.2 Å². The van der Waals surface area contributed by atoms with Gasteiger partial charge in [0.2, 0.25) is 5.95 Å². The Morgan fingerprint density at radius 2 is 1.74 bits per heavy atom. The molecular weight excluding hydrogens is 640 g/mol. The van der Waals surface area contributed by atoms with Crippen molar-refractivity contribution < 1.29 is 41.4 Å². The molecule has 2 aliphatic rings. The van der Waals surface area contributed by atoms with E-state index in [2.05, 4.69) is 25.5 Å². The topological polar surface area (TPSA) is 138 Å². The second kappa shape index (κ2) is 14.1. The van der Waals surface area contributed by atoms with Crippen molar-refractivity contribution in [2.75, 3.05) is 56.0 Å². The van der Waals surface area contributed by atoms with E-state index in [0.717, 1.165) is 5.69 Å². The van der Waals surface area contributed by atoms with Crippen LogP contribution in [0.4, 0.5) is 42.0 Å². The molecule has 254 valence electrons. The molecule has 5 rings (SSSR count). The number of carbonyl (C=O) groups excluding carboxylic acids is 1. The Hall–Kier alpha value is -3.91. The third-order valence-corrected chi connectivity index (χ3v) is 9.99. The number of hydrogen-bond acceptors (Lipinski definition) is 11. The van der Waals surface area contributed by atoms with Crippen molar-refractivity contribution >= 4 is 42.3 Å². The summed E-state index contributed by atoms with van der Waals surface area (Å²) in [6, 6.07) is 8.24. The van der Waals surface area contributed by atoms with Crippen molar-refractivity contribution in [3.8, 4) is 5.75 Å². The van der Waals surface area contributed by atoms with Crippen molar-refractivity contribution in [2.45, 2.75) is 51.7 Å². The molecule has 0 spiro atoms. The van der Waals surface area contributed by atoms with Crippen LogP contribution in [0.5, 0.6) is 5.75 Å². The molecule has 0 radical (unpaired) electrons. The number of rotatable bonds is 12. The van der Waals surface area contributed by atoms with Crippen LogP contribution in [0.25, 0.3) is 0 Å². The van der Waals surface area contributed by atoms with E-state index in [1.807, 2.05) is 0 Å². The summed E-state index contributed by atoms with van der Waals surface area (Å²) in [6.07, 6.45) is -3.36. The molecule has 16 heteroatoms. The van der Waals surface area contributed by atoms with E-state index in [9.17, 15) is 27.6 Å². The minimum Gasteiger partial charge on any atom is -0.495 e. The first kappa shape index (κ1) is 34.4. The van der Waals surface area contributed by atoms with E-state index in [0.29, 0.717) is 61.2 Å². The van der Waals surface area contributed by atoms with Crippen LogP contribution in [0.2, 0.25) is 0 Å². The molecule has 2 aromatic carbocycles. The van der Waals surface area contributed by atoms with Crippen molar-refractivity contribution in [2.24, 2.45) is 0 Å². The van der Waals surface area contributed by atoms with Crippen LogP contribution in [0, 0.1) is 0 Å². The number of aliphatic hydroxyl groups is 1. The van der Waals surface area contributed by atoms with Crippen molar-refractivity contribution in [3.63, 3.8) is 0 Å². The highest BCUT2D eigenvalue weighted by Crippen LogP contribution is 2.52. The fraction of sp³-hybridized carbons (Fsp3) is 0.452. The number of hydrogen-bond donors (Lipinski definition) is 3. The lowest BCUT2D eigenvalue weighted by atomic mass is 10.0. The largest absolute Gasteiger partial charge is 0.495 e. The van der Waals surface area contributed by atoms with Gasteiger partial charge in [-0.05, 0) is 56.5 Å².